The lowest BCUT2D eigenvalue weighted by molar-refractivity contribution is 0.0174. The molecule has 0 bridgehead atoms. The van der Waals surface area contributed by atoms with Gasteiger partial charge in [-0.1, -0.05) is 12.1 Å². The molecule has 1 saturated heterocycles. The van der Waals surface area contributed by atoms with Crippen LogP contribution in [0.4, 0.5) is 4.39 Å². The minimum atomic E-state index is -0.891. The fourth-order valence-electron chi connectivity index (χ4n) is 4.26. The summed E-state index contributed by atoms with van der Waals surface area (Å²) in [6.07, 6.45) is 1.38. The predicted molar refractivity (Wildman–Crippen MR) is 95.8 cm³/mol. The summed E-state index contributed by atoms with van der Waals surface area (Å²) in [5.74, 6) is -0.101. The maximum atomic E-state index is 13.8. The molecule has 0 radical (unpaired) electrons. The Kier molecular flexibility index (Phi) is 4.75. The minimum Gasteiger partial charge on any atom is -0.506 e. The molecule has 3 N–H and O–H groups in total. The van der Waals surface area contributed by atoms with Crippen molar-refractivity contribution in [3.05, 3.63) is 54.1 Å². The number of benzene rings is 1. The number of aromatic nitrogens is 1. The Morgan fingerprint density at radius 2 is 2.11 bits per heavy atom. The van der Waals surface area contributed by atoms with E-state index >= 15 is 0 Å². The van der Waals surface area contributed by atoms with Crippen LogP contribution in [0, 0.1) is 11.7 Å². The molecule has 144 valence electrons. The van der Waals surface area contributed by atoms with Gasteiger partial charge in [-0.05, 0) is 30.7 Å². The monoisotopic (exact) mass is 374 g/mol. The number of aromatic hydroxyl groups is 1. The fraction of sp³-hybridized carbons (Fsp3) is 0.450. The van der Waals surface area contributed by atoms with Gasteiger partial charge < -0.3 is 20.1 Å². The van der Waals surface area contributed by atoms with Crippen LogP contribution in [0.5, 0.6) is 11.5 Å². The minimum absolute atomic E-state index is 0.0225. The Labute approximate surface area is 156 Å². The summed E-state index contributed by atoms with van der Waals surface area (Å²) in [5.41, 5.74) is -0.407. The van der Waals surface area contributed by atoms with Gasteiger partial charge >= 0.3 is 0 Å². The van der Waals surface area contributed by atoms with Crippen LogP contribution in [0.3, 0.4) is 0 Å². The molecule has 2 heterocycles. The third-order valence-corrected chi connectivity index (χ3v) is 5.54. The second-order valence-corrected chi connectivity index (χ2v) is 7.56. The smallest absolute Gasteiger partial charge is 0.165 e. The summed E-state index contributed by atoms with van der Waals surface area (Å²) in [6, 6.07) is 9.38. The van der Waals surface area contributed by atoms with Crippen molar-refractivity contribution < 1.29 is 24.4 Å². The quantitative estimate of drug-likeness (QED) is 0.741. The Hall–Kier alpha value is -2.22. The highest BCUT2D eigenvalue weighted by molar-refractivity contribution is 5.24. The van der Waals surface area contributed by atoms with Gasteiger partial charge in [0, 0.05) is 32.0 Å². The summed E-state index contributed by atoms with van der Waals surface area (Å²) < 4.78 is 19.5. The van der Waals surface area contributed by atoms with E-state index in [4.69, 9.17) is 4.74 Å². The van der Waals surface area contributed by atoms with Crippen molar-refractivity contribution in [1.82, 2.24) is 9.88 Å². The van der Waals surface area contributed by atoms with E-state index in [9.17, 15) is 19.7 Å². The molecule has 0 amide bonds. The van der Waals surface area contributed by atoms with E-state index < -0.39 is 17.5 Å². The highest BCUT2D eigenvalue weighted by Crippen LogP contribution is 2.43. The van der Waals surface area contributed by atoms with E-state index in [1.807, 2.05) is 4.90 Å². The summed E-state index contributed by atoms with van der Waals surface area (Å²) in [6.45, 7) is 1.43. The molecule has 1 aliphatic carbocycles. The predicted octanol–water partition coefficient (Wildman–Crippen LogP) is 1.86. The number of β-amino-alcohol motifs (C(OH)–C–C–N with tert-alkyl or cyclic N) is 2. The summed E-state index contributed by atoms with van der Waals surface area (Å²) in [4.78, 5) is 6.05. The molecule has 7 heteroatoms. The highest BCUT2D eigenvalue weighted by atomic mass is 19.1. The van der Waals surface area contributed by atoms with Crippen molar-refractivity contribution in [2.75, 3.05) is 19.6 Å². The molecule has 2 aromatic rings. The van der Waals surface area contributed by atoms with Crippen molar-refractivity contribution in [2.45, 2.75) is 30.7 Å². The van der Waals surface area contributed by atoms with Gasteiger partial charge in [-0.3, -0.25) is 9.88 Å². The fourth-order valence-corrected chi connectivity index (χ4v) is 4.26. The first-order valence-electron chi connectivity index (χ1n) is 9.12. The first-order valence-corrected chi connectivity index (χ1v) is 9.12. The van der Waals surface area contributed by atoms with Gasteiger partial charge in [-0.15, -0.1) is 0 Å². The lowest BCUT2D eigenvalue weighted by atomic mass is 9.95. The number of hydrogen-bond donors (Lipinski definition) is 3. The highest BCUT2D eigenvalue weighted by Gasteiger charge is 2.52. The van der Waals surface area contributed by atoms with Crippen LogP contribution in [-0.2, 0) is 0 Å². The number of pyridine rings is 1. The van der Waals surface area contributed by atoms with Crippen molar-refractivity contribution in [1.29, 1.82) is 0 Å². The zero-order valence-electron chi connectivity index (χ0n) is 14.8. The molecule has 2 aliphatic rings. The lowest BCUT2D eigenvalue weighted by Crippen LogP contribution is -2.36. The number of likely N-dealkylation sites (tertiary alicyclic amines) is 1. The molecule has 2 fully saturated rings. The van der Waals surface area contributed by atoms with E-state index in [2.05, 4.69) is 4.98 Å². The molecule has 27 heavy (non-hydrogen) atoms. The van der Waals surface area contributed by atoms with E-state index in [0.29, 0.717) is 38.2 Å². The number of hydrogen-bond acceptors (Lipinski definition) is 6. The molecule has 6 nitrogen and oxygen atoms in total. The molecular formula is C20H23FN2O4. The molecule has 1 aromatic carbocycles. The Balaban J connectivity index is 1.35. The number of ether oxygens (including phenoxy) is 1. The van der Waals surface area contributed by atoms with Gasteiger partial charge in [0.25, 0.3) is 0 Å². The largest absolute Gasteiger partial charge is 0.506 e. The molecule has 1 aromatic heterocycles. The van der Waals surface area contributed by atoms with Crippen LogP contribution in [0.2, 0.25) is 0 Å². The Bertz CT molecular complexity index is 803. The van der Waals surface area contributed by atoms with Gasteiger partial charge in [0.05, 0.1) is 17.5 Å². The molecular weight excluding hydrogens is 351 g/mol. The second kappa shape index (κ2) is 7.07. The second-order valence-electron chi connectivity index (χ2n) is 7.56. The Morgan fingerprint density at radius 1 is 1.30 bits per heavy atom. The molecule has 0 spiro atoms. The van der Waals surface area contributed by atoms with Crippen LogP contribution in [0.25, 0.3) is 0 Å². The normalized spacial score (nSPS) is 28.9. The third kappa shape index (κ3) is 3.76. The van der Waals surface area contributed by atoms with Crippen LogP contribution < -0.4 is 4.74 Å². The Morgan fingerprint density at radius 3 is 2.81 bits per heavy atom. The number of aliphatic hydroxyl groups excluding tert-OH is 1. The zero-order chi connectivity index (χ0) is 19.0. The average molecular weight is 374 g/mol. The molecule has 4 atom stereocenters. The van der Waals surface area contributed by atoms with Crippen LogP contribution in [-0.4, -0.2) is 56.5 Å². The molecule has 1 saturated carbocycles. The average Bonchev–Trinajstić information content (AvgIpc) is 3.07. The number of para-hydroxylation sites is 1. The van der Waals surface area contributed by atoms with E-state index in [1.165, 1.54) is 18.3 Å². The topological polar surface area (TPSA) is 86.1 Å². The van der Waals surface area contributed by atoms with Crippen LogP contribution >= 0.6 is 0 Å². The zero-order valence-corrected chi connectivity index (χ0v) is 14.8. The van der Waals surface area contributed by atoms with Gasteiger partial charge in [-0.2, -0.15) is 0 Å². The van der Waals surface area contributed by atoms with E-state index in [-0.39, 0.29) is 23.5 Å². The molecule has 0 unspecified atom stereocenters. The van der Waals surface area contributed by atoms with Crippen molar-refractivity contribution >= 4 is 0 Å². The molecule has 4 rings (SSSR count). The maximum absolute atomic E-state index is 13.8. The summed E-state index contributed by atoms with van der Waals surface area (Å²) in [5, 5.41) is 30.6. The summed E-state index contributed by atoms with van der Waals surface area (Å²) >= 11 is 0. The van der Waals surface area contributed by atoms with Gasteiger partial charge in [0.1, 0.15) is 18.0 Å². The van der Waals surface area contributed by atoms with Crippen LogP contribution in [0.1, 0.15) is 24.6 Å². The van der Waals surface area contributed by atoms with Crippen molar-refractivity contribution in [3.8, 4) is 11.5 Å². The van der Waals surface area contributed by atoms with E-state index in [0.717, 1.165) is 0 Å². The summed E-state index contributed by atoms with van der Waals surface area (Å²) in [7, 11) is 0. The third-order valence-electron chi connectivity index (χ3n) is 5.54. The SMILES string of the molecule is Oc1ccc([C@@H](O)CN2C[C@H]3C[C@H](Oc4ccccc4F)C[C@@]3(O)C2)nc1. The van der Waals surface area contributed by atoms with Crippen LogP contribution in [0.15, 0.2) is 42.6 Å². The van der Waals surface area contributed by atoms with Crippen molar-refractivity contribution in [2.24, 2.45) is 5.92 Å². The van der Waals surface area contributed by atoms with E-state index in [1.54, 1.807) is 24.3 Å². The first-order chi connectivity index (χ1) is 12.9. The number of rotatable bonds is 5. The number of aliphatic hydroxyl groups is 2. The van der Waals surface area contributed by atoms with Gasteiger partial charge in [-0.25, -0.2) is 4.39 Å². The number of halogens is 1. The number of nitrogens with zero attached hydrogens (tertiary/aromatic N) is 2. The standard InChI is InChI=1S/C20H23FN2O4/c21-16-3-1-2-4-19(16)27-15-7-13-10-23(12-20(13,26)8-15)11-18(25)17-6-5-14(24)9-22-17/h1-6,9,13,15,18,24-26H,7-8,10-12H2/t13-,15+,18+,20-/m1/s1. The molecule has 1 aliphatic heterocycles. The number of fused-ring (bicyclic) bond motifs is 1. The maximum Gasteiger partial charge on any atom is 0.165 e. The van der Waals surface area contributed by atoms with Crippen molar-refractivity contribution in [3.63, 3.8) is 0 Å². The lowest BCUT2D eigenvalue weighted by Gasteiger charge is -2.24. The van der Waals surface area contributed by atoms with Gasteiger partial charge in [0.2, 0.25) is 0 Å². The van der Waals surface area contributed by atoms with Gasteiger partial charge in [0.15, 0.2) is 11.6 Å². The first kappa shape index (κ1) is 18.2.